The van der Waals surface area contributed by atoms with Crippen molar-refractivity contribution < 1.29 is 9.59 Å². The number of hydrogen-bond acceptors (Lipinski definition) is 6. The van der Waals surface area contributed by atoms with Crippen molar-refractivity contribution in [3.8, 4) is 0 Å². The molecule has 6 nitrogen and oxygen atoms in total. The number of nitrogens with zero attached hydrogens (tertiary/aromatic N) is 2. The van der Waals surface area contributed by atoms with Gasteiger partial charge in [0, 0.05) is 18.3 Å². The van der Waals surface area contributed by atoms with E-state index in [0.29, 0.717) is 11.4 Å². The van der Waals surface area contributed by atoms with Crippen molar-refractivity contribution in [3.63, 3.8) is 0 Å². The third-order valence-electron chi connectivity index (χ3n) is 2.32. The van der Waals surface area contributed by atoms with E-state index in [2.05, 4.69) is 20.8 Å². The van der Waals surface area contributed by atoms with Crippen LogP contribution < -0.4 is 10.6 Å². The van der Waals surface area contributed by atoms with Crippen LogP contribution >= 0.6 is 23.1 Å². The molecule has 0 radical (unpaired) electrons. The van der Waals surface area contributed by atoms with Gasteiger partial charge < -0.3 is 10.6 Å². The molecule has 2 rings (SSSR count). The lowest BCUT2D eigenvalue weighted by atomic mass is 10.3. The van der Waals surface area contributed by atoms with Gasteiger partial charge in [0.05, 0.1) is 5.75 Å². The number of benzene rings is 1. The van der Waals surface area contributed by atoms with Gasteiger partial charge in [0.15, 0.2) is 4.34 Å². The molecular weight excluding hydrogens is 308 g/mol. The quantitative estimate of drug-likeness (QED) is 0.826. The van der Waals surface area contributed by atoms with Crippen molar-refractivity contribution in [2.24, 2.45) is 0 Å². The van der Waals surface area contributed by atoms with E-state index in [9.17, 15) is 9.59 Å². The summed E-state index contributed by atoms with van der Waals surface area (Å²) in [5.41, 5.74) is 1.38. The molecule has 2 aromatic rings. The number of carbonyl (C=O) groups excluding carboxylic acids is 2. The Hall–Kier alpha value is -1.93. The van der Waals surface area contributed by atoms with Crippen molar-refractivity contribution in [2.45, 2.75) is 18.2 Å². The molecule has 1 aromatic heterocycles. The number of rotatable bonds is 5. The van der Waals surface area contributed by atoms with E-state index in [4.69, 9.17) is 0 Å². The van der Waals surface area contributed by atoms with Gasteiger partial charge in [0.2, 0.25) is 11.8 Å². The zero-order valence-electron chi connectivity index (χ0n) is 11.5. The lowest BCUT2D eigenvalue weighted by molar-refractivity contribution is -0.114. The maximum absolute atomic E-state index is 11.8. The van der Waals surface area contributed by atoms with Crippen LogP contribution in [-0.2, 0) is 9.59 Å². The number of amides is 2. The fourth-order valence-corrected chi connectivity index (χ4v) is 3.12. The van der Waals surface area contributed by atoms with Crippen LogP contribution in [0.2, 0.25) is 0 Å². The predicted octanol–water partition coefficient (Wildman–Crippen LogP) is 2.54. The highest BCUT2D eigenvalue weighted by Gasteiger charge is 2.07. The maximum Gasteiger partial charge on any atom is 0.234 e. The van der Waals surface area contributed by atoms with Crippen LogP contribution in [0, 0.1) is 6.92 Å². The highest BCUT2D eigenvalue weighted by molar-refractivity contribution is 8.01. The molecule has 1 aromatic carbocycles. The average Bonchev–Trinajstić information content (AvgIpc) is 2.84. The van der Waals surface area contributed by atoms with Crippen LogP contribution in [0.15, 0.2) is 28.6 Å². The fraction of sp³-hybridized carbons (Fsp3) is 0.231. The summed E-state index contributed by atoms with van der Waals surface area (Å²) in [7, 11) is 0. The molecule has 0 saturated carbocycles. The average molecular weight is 322 g/mol. The van der Waals surface area contributed by atoms with Gasteiger partial charge in [-0.25, -0.2) is 0 Å². The second kappa shape index (κ2) is 7.19. The summed E-state index contributed by atoms with van der Waals surface area (Å²) < 4.78 is 0.781. The van der Waals surface area contributed by atoms with Crippen molar-refractivity contribution in [2.75, 3.05) is 16.4 Å². The normalized spacial score (nSPS) is 10.2. The Kier molecular flexibility index (Phi) is 5.29. The van der Waals surface area contributed by atoms with Gasteiger partial charge in [0.1, 0.15) is 5.01 Å². The maximum atomic E-state index is 11.8. The molecule has 21 heavy (non-hydrogen) atoms. The minimum atomic E-state index is -0.129. The molecule has 8 heteroatoms. The Morgan fingerprint density at radius 1 is 1.14 bits per heavy atom. The van der Waals surface area contributed by atoms with Gasteiger partial charge in [-0.2, -0.15) is 0 Å². The van der Waals surface area contributed by atoms with Crippen molar-refractivity contribution in [1.29, 1.82) is 0 Å². The molecule has 1 heterocycles. The summed E-state index contributed by atoms with van der Waals surface area (Å²) in [4.78, 5) is 22.7. The van der Waals surface area contributed by atoms with Gasteiger partial charge in [0.25, 0.3) is 0 Å². The van der Waals surface area contributed by atoms with Gasteiger partial charge in [-0.1, -0.05) is 23.1 Å². The zero-order valence-corrected chi connectivity index (χ0v) is 13.2. The summed E-state index contributed by atoms with van der Waals surface area (Å²) >= 11 is 2.82. The number of nitrogens with one attached hydrogen (secondary N) is 2. The van der Waals surface area contributed by atoms with E-state index in [0.717, 1.165) is 9.35 Å². The molecule has 0 saturated heterocycles. The Morgan fingerprint density at radius 3 is 2.29 bits per heavy atom. The highest BCUT2D eigenvalue weighted by atomic mass is 32.2. The van der Waals surface area contributed by atoms with E-state index in [1.165, 1.54) is 30.0 Å². The topological polar surface area (TPSA) is 84.0 Å². The predicted molar refractivity (Wildman–Crippen MR) is 84.7 cm³/mol. The van der Waals surface area contributed by atoms with Gasteiger partial charge in [-0.15, -0.1) is 10.2 Å². The van der Waals surface area contributed by atoms with Crippen molar-refractivity contribution >= 4 is 46.3 Å². The summed E-state index contributed by atoms with van der Waals surface area (Å²) in [6.45, 7) is 3.32. The van der Waals surface area contributed by atoms with Crippen LogP contribution in [0.5, 0.6) is 0 Å². The Balaban J connectivity index is 1.83. The molecule has 0 bridgehead atoms. The number of thioether (sulfide) groups is 1. The van der Waals surface area contributed by atoms with Crippen LogP contribution in [0.1, 0.15) is 11.9 Å². The Morgan fingerprint density at radius 2 is 1.76 bits per heavy atom. The van der Waals surface area contributed by atoms with E-state index in [-0.39, 0.29) is 17.6 Å². The number of aromatic nitrogens is 2. The molecule has 110 valence electrons. The fourth-order valence-electron chi connectivity index (χ4n) is 1.50. The molecular formula is C13H14N4O2S2. The van der Waals surface area contributed by atoms with Gasteiger partial charge in [-0.3, -0.25) is 9.59 Å². The van der Waals surface area contributed by atoms with Crippen LogP contribution in [0.25, 0.3) is 0 Å². The molecule has 2 amide bonds. The first-order valence-electron chi connectivity index (χ1n) is 6.13. The van der Waals surface area contributed by atoms with E-state index in [1.54, 1.807) is 24.3 Å². The van der Waals surface area contributed by atoms with E-state index in [1.807, 2.05) is 6.92 Å². The van der Waals surface area contributed by atoms with Crippen molar-refractivity contribution in [3.05, 3.63) is 29.3 Å². The number of anilines is 2. The Bertz CT molecular complexity index is 640. The monoisotopic (exact) mass is 322 g/mol. The van der Waals surface area contributed by atoms with Gasteiger partial charge in [-0.05, 0) is 31.2 Å². The van der Waals surface area contributed by atoms with Crippen LogP contribution in [0.4, 0.5) is 11.4 Å². The molecule has 0 unspecified atom stereocenters. The lowest BCUT2D eigenvalue weighted by Gasteiger charge is -2.06. The Labute approximate surface area is 130 Å². The van der Waals surface area contributed by atoms with Gasteiger partial charge >= 0.3 is 0 Å². The lowest BCUT2D eigenvalue weighted by Crippen LogP contribution is -2.14. The van der Waals surface area contributed by atoms with E-state index >= 15 is 0 Å². The summed E-state index contributed by atoms with van der Waals surface area (Å²) in [6, 6.07) is 6.95. The molecule has 0 atom stereocenters. The first-order chi connectivity index (χ1) is 10.0. The standard InChI is InChI=1S/C13H14N4O2S2/c1-8(18)14-10-3-5-11(6-4-10)15-12(19)7-20-13-17-16-9(2)21-13/h3-6H,7H2,1-2H3,(H,14,18)(H,15,19). The first kappa shape index (κ1) is 15.5. The minimum absolute atomic E-state index is 0.111. The van der Waals surface area contributed by atoms with E-state index < -0.39 is 0 Å². The third-order valence-corrected chi connectivity index (χ3v) is 4.30. The molecule has 0 aliphatic carbocycles. The SMILES string of the molecule is CC(=O)Nc1ccc(NC(=O)CSc2nnc(C)s2)cc1. The largest absolute Gasteiger partial charge is 0.326 e. The van der Waals surface area contributed by atoms with Crippen LogP contribution in [0.3, 0.4) is 0 Å². The summed E-state index contributed by atoms with van der Waals surface area (Å²) in [5.74, 6) is 0.0397. The number of hydrogen-bond donors (Lipinski definition) is 2. The molecule has 0 aliphatic rings. The van der Waals surface area contributed by atoms with Crippen LogP contribution in [-0.4, -0.2) is 27.8 Å². The summed E-state index contributed by atoms with van der Waals surface area (Å²) in [6.07, 6.45) is 0. The molecule has 2 N–H and O–H groups in total. The smallest absolute Gasteiger partial charge is 0.234 e. The second-order valence-electron chi connectivity index (χ2n) is 4.18. The molecule has 0 aliphatic heterocycles. The highest BCUT2D eigenvalue weighted by Crippen LogP contribution is 2.22. The first-order valence-corrected chi connectivity index (χ1v) is 7.93. The summed E-state index contributed by atoms with van der Waals surface area (Å²) in [5, 5.41) is 14.2. The second-order valence-corrected chi connectivity index (χ2v) is 6.59. The molecule has 0 fully saturated rings. The minimum Gasteiger partial charge on any atom is -0.326 e. The molecule has 0 spiro atoms. The zero-order chi connectivity index (χ0) is 15.2. The van der Waals surface area contributed by atoms with Crippen molar-refractivity contribution in [1.82, 2.24) is 10.2 Å². The number of carbonyl (C=O) groups is 2. The third kappa shape index (κ3) is 5.16. The number of aryl methyl sites for hydroxylation is 1.